The molecule has 6 nitrogen and oxygen atoms in total. The van der Waals surface area contributed by atoms with Gasteiger partial charge in [0.15, 0.2) is 0 Å². The molecular weight excluding hydrogens is 326 g/mol. The third-order valence-corrected chi connectivity index (χ3v) is 2.97. The summed E-state index contributed by atoms with van der Waals surface area (Å²) in [6, 6.07) is 6.66. The van der Waals surface area contributed by atoms with Crippen LogP contribution in [0, 0.1) is 0 Å². The van der Waals surface area contributed by atoms with E-state index >= 15 is 0 Å². The van der Waals surface area contributed by atoms with Crippen LogP contribution in [0.1, 0.15) is 10.4 Å². The summed E-state index contributed by atoms with van der Waals surface area (Å²) < 4.78 is 5.94. The normalized spacial score (nSPS) is 10.1. The molecule has 0 unspecified atom stereocenters. The number of halogens is 1. The Hall–Kier alpha value is -2.28. The highest BCUT2D eigenvalue weighted by Gasteiger charge is 2.12. The second-order valence-corrected chi connectivity index (χ2v) is 4.89. The minimum Gasteiger partial charge on any atom is -0.497 e. The van der Waals surface area contributed by atoms with Gasteiger partial charge < -0.3 is 20.9 Å². The van der Waals surface area contributed by atoms with Crippen LogP contribution in [0.4, 0.5) is 17.2 Å². The van der Waals surface area contributed by atoms with Gasteiger partial charge in [-0.05, 0) is 18.2 Å². The Kier molecular flexibility index (Phi) is 4.09. The zero-order valence-corrected chi connectivity index (χ0v) is 12.1. The predicted molar refractivity (Wildman–Crippen MR) is 79.6 cm³/mol. The van der Waals surface area contributed by atoms with E-state index in [1.807, 2.05) is 0 Å². The zero-order valence-electron chi connectivity index (χ0n) is 10.6. The monoisotopic (exact) mass is 337 g/mol. The largest absolute Gasteiger partial charge is 0.497 e. The Morgan fingerprint density at radius 1 is 1.40 bits per heavy atom. The summed E-state index contributed by atoms with van der Waals surface area (Å²) >= 11 is 3.35. The lowest BCUT2D eigenvalue weighted by atomic mass is 10.2. The number of nitrogens with zero attached hydrogens (tertiary/aromatic N) is 1. The second kappa shape index (κ2) is 5.79. The van der Waals surface area contributed by atoms with Crippen molar-refractivity contribution in [2.75, 3.05) is 18.2 Å². The van der Waals surface area contributed by atoms with Crippen molar-refractivity contribution in [2.45, 2.75) is 0 Å². The number of benzene rings is 1. The van der Waals surface area contributed by atoms with Crippen LogP contribution in [0.25, 0.3) is 0 Å². The van der Waals surface area contributed by atoms with Crippen LogP contribution in [-0.2, 0) is 0 Å². The Balaban J connectivity index is 2.39. The maximum Gasteiger partial charge on any atom is 0.339 e. The van der Waals surface area contributed by atoms with Gasteiger partial charge >= 0.3 is 5.97 Å². The van der Waals surface area contributed by atoms with Crippen LogP contribution in [0.15, 0.2) is 34.9 Å². The molecule has 2 aromatic rings. The van der Waals surface area contributed by atoms with Crippen molar-refractivity contribution >= 4 is 39.1 Å². The molecule has 4 N–H and O–H groups in total. The lowest BCUT2D eigenvalue weighted by molar-refractivity contribution is 0.0697. The Labute approximate surface area is 123 Å². The number of methoxy groups -OCH3 is 1. The zero-order chi connectivity index (χ0) is 14.7. The highest BCUT2D eigenvalue weighted by Crippen LogP contribution is 2.27. The van der Waals surface area contributed by atoms with Crippen LogP contribution in [0.3, 0.4) is 0 Å². The molecule has 0 bridgehead atoms. The first-order chi connectivity index (χ1) is 9.49. The fraction of sp³-hybridized carbons (Fsp3) is 0.0769. The fourth-order valence-electron chi connectivity index (χ4n) is 1.63. The maximum absolute atomic E-state index is 11.2. The number of nitrogens with one attached hydrogen (secondary N) is 1. The Morgan fingerprint density at radius 3 is 2.80 bits per heavy atom. The Morgan fingerprint density at radius 2 is 2.15 bits per heavy atom. The van der Waals surface area contributed by atoms with Crippen molar-refractivity contribution in [1.82, 2.24) is 4.98 Å². The van der Waals surface area contributed by atoms with Crippen LogP contribution in [0.2, 0.25) is 0 Å². The van der Waals surface area contributed by atoms with Gasteiger partial charge in [0.05, 0.1) is 19.0 Å². The number of carboxylic acids is 1. The SMILES string of the molecule is COc1cc(Br)cc(Nc2ncc(N)cc2C(=O)O)c1. The molecule has 0 saturated heterocycles. The number of aromatic carboxylic acids is 1. The summed E-state index contributed by atoms with van der Waals surface area (Å²) in [5, 5.41) is 12.1. The first-order valence-corrected chi connectivity index (χ1v) is 6.39. The average molecular weight is 338 g/mol. The molecule has 1 aromatic heterocycles. The summed E-state index contributed by atoms with van der Waals surface area (Å²) in [4.78, 5) is 15.2. The number of nitrogen functional groups attached to an aromatic ring is 1. The maximum atomic E-state index is 11.2. The van der Waals surface area contributed by atoms with E-state index < -0.39 is 5.97 Å². The molecule has 0 atom stereocenters. The van der Waals surface area contributed by atoms with Gasteiger partial charge in [-0.15, -0.1) is 0 Å². The van der Waals surface area contributed by atoms with Gasteiger partial charge in [0, 0.05) is 16.2 Å². The van der Waals surface area contributed by atoms with E-state index in [1.54, 1.807) is 25.3 Å². The van der Waals surface area contributed by atoms with Gasteiger partial charge in [-0.1, -0.05) is 15.9 Å². The number of pyridine rings is 1. The van der Waals surface area contributed by atoms with Gasteiger partial charge in [-0.2, -0.15) is 0 Å². The van der Waals surface area contributed by atoms with E-state index in [1.165, 1.54) is 12.3 Å². The highest BCUT2D eigenvalue weighted by molar-refractivity contribution is 9.10. The van der Waals surface area contributed by atoms with Crippen molar-refractivity contribution < 1.29 is 14.6 Å². The summed E-state index contributed by atoms with van der Waals surface area (Å²) in [7, 11) is 1.55. The number of carbonyl (C=O) groups is 1. The molecule has 0 spiro atoms. The molecular formula is C13H12BrN3O3. The van der Waals surface area contributed by atoms with Crippen LogP contribution in [-0.4, -0.2) is 23.2 Å². The summed E-state index contributed by atoms with van der Waals surface area (Å²) in [5.41, 5.74) is 6.49. The minimum absolute atomic E-state index is 0.00365. The number of carboxylic acid groups (broad SMARTS) is 1. The molecule has 20 heavy (non-hydrogen) atoms. The number of hydrogen-bond donors (Lipinski definition) is 3. The number of aromatic nitrogens is 1. The van der Waals surface area contributed by atoms with Gasteiger partial charge in [-0.25, -0.2) is 9.78 Å². The number of ether oxygens (including phenoxy) is 1. The molecule has 0 aliphatic rings. The van der Waals surface area contributed by atoms with Crippen molar-refractivity contribution in [2.24, 2.45) is 0 Å². The third-order valence-electron chi connectivity index (χ3n) is 2.51. The molecule has 0 saturated carbocycles. The van der Waals surface area contributed by atoms with Crippen molar-refractivity contribution in [3.05, 3.63) is 40.5 Å². The summed E-state index contributed by atoms with van der Waals surface area (Å²) in [5.74, 6) is -0.254. The number of rotatable bonds is 4. The first-order valence-electron chi connectivity index (χ1n) is 5.60. The van der Waals surface area contributed by atoms with E-state index in [-0.39, 0.29) is 11.4 Å². The third kappa shape index (κ3) is 3.18. The highest BCUT2D eigenvalue weighted by atomic mass is 79.9. The van der Waals surface area contributed by atoms with Gasteiger partial charge in [0.1, 0.15) is 17.1 Å². The Bertz CT molecular complexity index is 661. The van der Waals surface area contributed by atoms with Crippen molar-refractivity contribution in [1.29, 1.82) is 0 Å². The number of anilines is 3. The summed E-state index contributed by atoms with van der Waals surface area (Å²) in [6.45, 7) is 0. The molecule has 0 amide bonds. The fourth-order valence-corrected chi connectivity index (χ4v) is 2.11. The molecule has 7 heteroatoms. The average Bonchev–Trinajstić information content (AvgIpc) is 2.40. The van der Waals surface area contributed by atoms with Gasteiger partial charge in [0.25, 0.3) is 0 Å². The molecule has 0 aliphatic heterocycles. The second-order valence-electron chi connectivity index (χ2n) is 3.97. The number of nitrogens with two attached hydrogens (primary N) is 1. The predicted octanol–water partition coefficient (Wildman–Crippen LogP) is 2.88. The van der Waals surface area contributed by atoms with E-state index in [4.69, 9.17) is 15.6 Å². The molecule has 104 valence electrons. The minimum atomic E-state index is -1.10. The van der Waals surface area contributed by atoms with E-state index in [0.717, 1.165) is 4.47 Å². The molecule has 1 aromatic carbocycles. The van der Waals surface area contributed by atoms with Crippen LogP contribution >= 0.6 is 15.9 Å². The molecule has 0 aliphatic carbocycles. The van der Waals surface area contributed by atoms with Crippen molar-refractivity contribution in [3.8, 4) is 5.75 Å². The lowest BCUT2D eigenvalue weighted by Crippen LogP contribution is -2.06. The lowest BCUT2D eigenvalue weighted by Gasteiger charge is -2.11. The van der Waals surface area contributed by atoms with Gasteiger partial charge in [0.2, 0.25) is 0 Å². The molecule has 2 rings (SSSR count). The summed E-state index contributed by atoms with van der Waals surface area (Å²) in [6.07, 6.45) is 1.39. The van der Waals surface area contributed by atoms with E-state index in [2.05, 4.69) is 26.2 Å². The van der Waals surface area contributed by atoms with Crippen molar-refractivity contribution in [3.63, 3.8) is 0 Å². The van der Waals surface area contributed by atoms with Gasteiger partial charge in [-0.3, -0.25) is 0 Å². The topological polar surface area (TPSA) is 97.5 Å². The van der Waals surface area contributed by atoms with Crippen LogP contribution in [0.5, 0.6) is 5.75 Å². The van der Waals surface area contributed by atoms with E-state index in [9.17, 15) is 4.79 Å². The quantitative estimate of drug-likeness (QED) is 0.793. The van der Waals surface area contributed by atoms with E-state index in [0.29, 0.717) is 17.1 Å². The standard InChI is InChI=1S/C13H12BrN3O3/c1-20-10-3-7(14)2-9(5-10)17-12-11(13(18)19)4-8(15)6-16-12/h2-6H,15H2,1H3,(H,16,17)(H,18,19). The molecule has 0 fully saturated rings. The van der Waals surface area contributed by atoms with Crippen LogP contribution < -0.4 is 15.8 Å². The smallest absolute Gasteiger partial charge is 0.339 e. The first kappa shape index (κ1) is 14.1. The molecule has 1 heterocycles. The number of hydrogen-bond acceptors (Lipinski definition) is 5. The molecule has 0 radical (unpaired) electrons.